The van der Waals surface area contributed by atoms with Crippen LogP contribution in [0.25, 0.3) is 0 Å². The van der Waals surface area contributed by atoms with Gasteiger partial charge in [-0.05, 0) is 31.0 Å². The minimum atomic E-state index is -1.22. The van der Waals surface area contributed by atoms with Crippen molar-refractivity contribution >= 4 is 17.8 Å². The fourth-order valence-corrected chi connectivity index (χ4v) is 3.23. The van der Waals surface area contributed by atoms with Crippen LogP contribution in [-0.4, -0.2) is 54.0 Å². The van der Waals surface area contributed by atoms with E-state index in [-0.39, 0.29) is 29.9 Å². The number of nitrogens with zero attached hydrogens (tertiary/aromatic N) is 1. The van der Waals surface area contributed by atoms with Crippen LogP contribution in [0.3, 0.4) is 0 Å². The molecular formula is C20H22N2O6. The summed E-state index contributed by atoms with van der Waals surface area (Å²) in [5.74, 6) is -1.27. The second-order valence-electron chi connectivity index (χ2n) is 6.59. The number of rotatable bonds is 6. The van der Waals surface area contributed by atoms with Crippen LogP contribution in [0.2, 0.25) is 0 Å². The molecule has 0 saturated carbocycles. The van der Waals surface area contributed by atoms with Gasteiger partial charge in [-0.2, -0.15) is 0 Å². The molecule has 1 aliphatic heterocycles. The summed E-state index contributed by atoms with van der Waals surface area (Å²) in [6, 6.07) is 9.92. The van der Waals surface area contributed by atoms with Gasteiger partial charge in [0.15, 0.2) is 5.76 Å². The molecule has 2 amide bonds. The Kier molecular flexibility index (Phi) is 5.98. The molecule has 8 heteroatoms. The number of carboxylic acids is 1. The van der Waals surface area contributed by atoms with E-state index >= 15 is 0 Å². The number of ether oxygens (including phenoxy) is 1. The van der Waals surface area contributed by atoms with Gasteiger partial charge in [0.05, 0.1) is 13.5 Å². The highest BCUT2D eigenvalue weighted by Crippen LogP contribution is 2.20. The predicted octanol–water partition coefficient (Wildman–Crippen LogP) is 1.95. The maximum Gasteiger partial charge on any atom is 0.371 e. The number of nitrogens with one attached hydrogen (secondary N) is 1. The van der Waals surface area contributed by atoms with E-state index in [4.69, 9.17) is 14.3 Å². The zero-order valence-electron chi connectivity index (χ0n) is 15.5. The first kappa shape index (κ1) is 19.5. The zero-order chi connectivity index (χ0) is 20.1. The smallest absolute Gasteiger partial charge is 0.371 e. The van der Waals surface area contributed by atoms with E-state index in [0.29, 0.717) is 31.7 Å². The molecule has 1 aliphatic rings. The first-order chi connectivity index (χ1) is 13.5. The molecule has 1 saturated heterocycles. The van der Waals surface area contributed by atoms with E-state index in [1.54, 1.807) is 12.0 Å². The van der Waals surface area contributed by atoms with Crippen molar-refractivity contribution in [1.82, 2.24) is 10.2 Å². The third-order valence-corrected chi connectivity index (χ3v) is 4.76. The summed E-state index contributed by atoms with van der Waals surface area (Å²) in [5.41, 5.74) is 0.845. The fourth-order valence-electron chi connectivity index (χ4n) is 3.23. The number of carbonyl (C=O) groups excluding carboxylic acids is 2. The first-order valence-corrected chi connectivity index (χ1v) is 9.01. The van der Waals surface area contributed by atoms with Crippen LogP contribution in [0.5, 0.6) is 5.75 Å². The van der Waals surface area contributed by atoms with Gasteiger partial charge < -0.3 is 24.5 Å². The number of carbonyl (C=O) groups is 3. The molecule has 0 unspecified atom stereocenters. The number of furan rings is 1. The molecule has 1 fully saturated rings. The summed E-state index contributed by atoms with van der Waals surface area (Å²) in [7, 11) is 1.58. The number of para-hydroxylation sites is 1. The molecule has 2 aromatic rings. The van der Waals surface area contributed by atoms with Gasteiger partial charge in [-0.1, -0.05) is 18.2 Å². The summed E-state index contributed by atoms with van der Waals surface area (Å²) in [4.78, 5) is 37.4. The van der Waals surface area contributed by atoms with Crippen molar-refractivity contribution in [2.45, 2.75) is 25.3 Å². The molecule has 1 aromatic carbocycles. The third-order valence-electron chi connectivity index (χ3n) is 4.76. The summed E-state index contributed by atoms with van der Waals surface area (Å²) in [6.07, 6.45) is 1.51. The van der Waals surface area contributed by atoms with Crippen molar-refractivity contribution in [3.05, 3.63) is 53.5 Å². The summed E-state index contributed by atoms with van der Waals surface area (Å²) in [6.45, 7) is 1.08. The molecule has 3 rings (SSSR count). The number of hydrogen-bond acceptors (Lipinski definition) is 5. The van der Waals surface area contributed by atoms with Crippen molar-refractivity contribution in [3.63, 3.8) is 0 Å². The minimum absolute atomic E-state index is 0.0198. The molecule has 0 atom stereocenters. The molecule has 0 aliphatic carbocycles. The molecular weight excluding hydrogens is 364 g/mol. The first-order valence-electron chi connectivity index (χ1n) is 9.01. The van der Waals surface area contributed by atoms with E-state index in [0.717, 1.165) is 5.56 Å². The number of amides is 2. The van der Waals surface area contributed by atoms with Crippen molar-refractivity contribution in [3.8, 4) is 5.75 Å². The number of piperidine rings is 1. The SMILES string of the molecule is COc1ccccc1CC(=O)N1CCC(NC(=O)c2ccc(C(=O)O)o2)CC1. The number of benzene rings is 1. The monoisotopic (exact) mass is 386 g/mol. The van der Waals surface area contributed by atoms with Gasteiger partial charge >= 0.3 is 5.97 Å². The van der Waals surface area contributed by atoms with E-state index in [1.807, 2.05) is 24.3 Å². The van der Waals surface area contributed by atoms with E-state index in [9.17, 15) is 14.4 Å². The number of carboxylic acid groups (broad SMARTS) is 1. The average Bonchev–Trinajstić information content (AvgIpc) is 3.20. The number of aromatic carboxylic acids is 1. The number of hydrogen-bond donors (Lipinski definition) is 2. The molecule has 28 heavy (non-hydrogen) atoms. The topological polar surface area (TPSA) is 109 Å². The third kappa shape index (κ3) is 4.51. The lowest BCUT2D eigenvalue weighted by atomic mass is 10.0. The van der Waals surface area contributed by atoms with Gasteiger partial charge in [0.25, 0.3) is 5.91 Å². The molecule has 1 aromatic heterocycles. The van der Waals surface area contributed by atoms with Crippen LogP contribution < -0.4 is 10.1 Å². The van der Waals surface area contributed by atoms with Crippen LogP contribution in [0.15, 0.2) is 40.8 Å². The lowest BCUT2D eigenvalue weighted by molar-refractivity contribution is -0.131. The molecule has 0 spiro atoms. The Hall–Kier alpha value is -3.29. The Morgan fingerprint density at radius 2 is 1.82 bits per heavy atom. The Morgan fingerprint density at radius 1 is 1.14 bits per heavy atom. The van der Waals surface area contributed by atoms with Gasteiger partial charge in [0, 0.05) is 24.7 Å². The highest BCUT2D eigenvalue weighted by Gasteiger charge is 2.25. The molecule has 2 N–H and O–H groups in total. The Bertz CT molecular complexity index is 867. The largest absolute Gasteiger partial charge is 0.496 e. The van der Waals surface area contributed by atoms with Gasteiger partial charge in [0.2, 0.25) is 11.7 Å². The van der Waals surface area contributed by atoms with Crippen molar-refractivity contribution in [2.24, 2.45) is 0 Å². The van der Waals surface area contributed by atoms with Crippen LogP contribution in [0.1, 0.15) is 39.5 Å². The predicted molar refractivity (Wildman–Crippen MR) is 99.4 cm³/mol. The Balaban J connectivity index is 1.50. The van der Waals surface area contributed by atoms with E-state index in [2.05, 4.69) is 5.32 Å². The van der Waals surface area contributed by atoms with Crippen LogP contribution >= 0.6 is 0 Å². The second-order valence-corrected chi connectivity index (χ2v) is 6.59. The fraction of sp³-hybridized carbons (Fsp3) is 0.350. The van der Waals surface area contributed by atoms with E-state index < -0.39 is 11.9 Å². The maximum absolute atomic E-state index is 12.6. The van der Waals surface area contributed by atoms with Crippen molar-refractivity contribution in [1.29, 1.82) is 0 Å². The standard InChI is InChI=1S/C20H22N2O6/c1-27-15-5-3-2-4-13(15)12-18(23)22-10-8-14(9-11-22)21-19(24)16-6-7-17(28-16)20(25)26/h2-7,14H,8-12H2,1H3,(H,21,24)(H,25,26). The molecule has 0 radical (unpaired) electrons. The van der Waals surface area contributed by atoms with E-state index in [1.165, 1.54) is 12.1 Å². The van der Waals surface area contributed by atoms with Gasteiger partial charge in [-0.15, -0.1) is 0 Å². The highest BCUT2D eigenvalue weighted by molar-refractivity contribution is 5.93. The van der Waals surface area contributed by atoms with Crippen molar-refractivity contribution < 1.29 is 28.6 Å². The van der Waals surface area contributed by atoms with Gasteiger partial charge in [0.1, 0.15) is 5.75 Å². The zero-order valence-corrected chi connectivity index (χ0v) is 15.5. The lowest BCUT2D eigenvalue weighted by Crippen LogP contribution is -2.46. The summed E-state index contributed by atoms with van der Waals surface area (Å²) in [5, 5.41) is 11.7. The Labute approximate surface area is 162 Å². The number of methoxy groups -OCH3 is 1. The number of likely N-dealkylation sites (tertiary alicyclic amines) is 1. The van der Waals surface area contributed by atoms with Crippen LogP contribution in [0, 0.1) is 0 Å². The Morgan fingerprint density at radius 3 is 2.46 bits per heavy atom. The minimum Gasteiger partial charge on any atom is -0.496 e. The van der Waals surface area contributed by atoms with Gasteiger partial charge in [-0.25, -0.2) is 4.79 Å². The normalized spacial score (nSPS) is 14.5. The molecule has 2 heterocycles. The van der Waals surface area contributed by atoms with Crippen molar-refractivity contribution in [2.75, 3.05) is 20.2 Å². The van der Waals surface area contributed by atoms with Crippen LogP contribution in [-0.2, 0) is 11.2 Å². The summed E-state index contributed by atoms with van der Waals surface area (Å²) < 4.78 is 10.3. The lowest BCUT2D eigenvalue weighted by Gasteiger charge is -2.32. The molecule has 0 bridgehead atoms. The van der Waals surface area contributed by atoms with Gasteiger partial charge in [-0.3, -0.25) is 9.59 Å². The highest BCUT2D eigenvalue weighted by atomic mass is 16.5. The average molecular weight is 386 g/mol. The second kappa shape index (κ2) is 8.60. The summed E-state index contributed by atoms with van der Waals surface area (Å²) >= 11 is 0. The maximum atomic E-state index is 12.6. The van der Waals surface area contributed by atoms with Crippen LogP contribution in [0.4, 0.5) is 0 Å². The molecule has 8 nitrogen and oxygen atoms in total. The quantitative estimate of drug-likeness (QED) is 0.785. The molecule has 148 valence electrons.